The Kier molecular flexibility index (Phi) is 5.38. The topological polar surface area (TPSA) is 65.5 Å². The van der Waals surface area contributed by atoms with E-state index in [0.717, 1.165) is 0 Å². The van der Waals surface area contributed by atoms with Gasteiger partial charge in [0.2, 0.25) is 5.89 Å². The molecule has 4 rings (SSSR count). The summed E-state index contributed by atoms with van der Waals surface area (Å²) in [5, 5.41) is 0. The monoisotopic (exact) mass is 385 g/mol. The molecule has 5 heteroatoms. The first kappa shape index (κ1) is 18.5. The van der Waals surface area contributed by atoms with Crippen LogP contribution < -0.4 is 4.74 Å². The molecule has 2 aromatic heterocycles. The van der Waals surface area contributed by atoms with Crippen molar-refractivity contribution in [1.82, 2.24) is 4.98 Å². The lowest BCUT2D eigenvalue weighted by Gasteiger charge is -2.05. The Balaban J connectivity index is 1.71. The number of hydrogen-bond acceptors (Lipinski definition) is 5. The summed E-state index contributed by atoms with van der Waals surface area (Å²) >= 11 is 0. The van der Waals surface area contributed by atoms with E-state index in [2.05, 4.69) is 4.98 Å². The standard InChI is InChI=1S/C24H19NO4/c1-2-27-19-14-12-17(13-15-19)23(26)20(9-5-7-18-8-6-16-28-18)24-25-21-10-3-4-11-22(21)29-24/h3-16H,2H2,1H3. The van der Waals surface area contributed by atoms with Gasteiger partial charge in [-0.2, -0.15) is 0 Å². The number of allylic oxidation sites excluding steroid dienone is 3. The number of hydrogen-bond donors (Lipinski definition) is 0. The van der Waals surface area contributed by atoms with E-state index >= 15 is 0 Å². The van der Waals surface area contributed by atoms with Crippen molar-refractivity contribution in [3.63, 3.8) is 0 Å². The van der Waals surface area contributed by atoms with Crippen molar-refractivity contribution in [3.8, 4) is 5.75 Å². The minimum absolute atomic E-state index is 0.191. The molecule has 5 nitrogen and oxygen atoms in total. The lowest BCUT2D eigenvalue weighted by Crippen LogP contribution is -2.03. The number of carbonyl (C=O) groups excluding carboxylic acids is 1. The van der Waals surface area contributed by atoms with Gasteiger partial charge in [0.05, 0.1) is 18.4 Å². The number of ether oxygens (including phenoxy) is 1. The first-order valence-corrected chi connectivity index (χ1v) is 9.30. The van der Waals surface area contributed by atoms with Gasteiger partial charge in [-0.05, 0) is 67.6 Å². The minimum Gasteiger partial charge on any atom is -0.494 e. The molecule has 0 fully saturated rings. The number of Topliss-reactive ketones (excluding diaryl/α,β-unsaturated/α-hetero) is 1. The van der Waals surface area contributed by atoms with E-state index in [4.69, 9.17) is 13.6 Å². The molecule has 29 heavy (non-hydrogen) atoms. The highest BCUT2D eigenvalue weighted by molar-refractivity contribution is 6.28. The van der Waals surface area contributed by atoms with Crippen LogP contribution in [0.1, 0.15) is 28.9 Å². The Labute approximate surface area is 167 Å². The van der Waals surface area contributed by atoms with Gasteiger partial charge < -0.3 is 13.6 Å². The largest absolute Gasteiger partial charge is 0.494 e. The molecule has 0 spiro atoms. The van der Waals surface area contributed by atoms with Crippen LogP contribution in [-0.4, -0.2) is 17.4 Å². The van der Waals surface area contributed by atoms with Gasteiger partial charge >= 0.3 is 0 Å². The fraction of sp³-hybridized carbons (Fsp3) is 0.0833. The number of aromatic nitrogens is 1. The molecule has 0 unspecified atom stereocenters. The molecule has 4 aromatic rings. The maximum absolute atomic E-state index is 13.2. The van der Waals surface area contributed by atoms with Crippen LogP contribution in [0.2, 0.25) is 0 Å². The third-order valence-corrected chi connectivity index (χ3v) is 4.26. The molecule has 0 radical (unpaired) electrons. The third kappa shape index (κ3) is 4.19. The first-order valence-electron chi connectivity index (χ1n) is 9.30. The summed E-state index contributed by atoms with van der Waals surface area (Å²) in [4.78, 5) is 17.7. The zero-order valence-electron chi connectivity index (χ0n) is 15.9. The number of rotatable bonds is 7. The van der Waals surface area contributed by atoms with Crippen LogP contribution in [0.3, 0.4) is 0 Å². The molecule has 0 aliphatic heterocycles. The van der Waals surface area contributed by atoms with Gasteiger partial charge in [0.1, 0.15) is 17.0 Å². The summed E-state index contributed by atoms with van der Waals surface area (Å²) < 4.78 is 16.6. The Morgan fingerprint density at radius 3 is 2.62 bits per heavy atom. The number of fused-ring (bicyclic) bond motifs is 1. The smallest absolute Gasteiger partial charge is 0.231 e. The summed E-state index contributed by atoms with van der Waals surface area (Å²) in [6, 6.07) is 18.1. The molecule has 0 amide bonds. The second-order valence-corrected chi connectivity index (χ2v) is 6.23. The Morgan fingerprint density at radius 1 is 1.07 bits per heavy atom. The van der Waals surface area contributed by atoms with Gasteiger partial charge in [0, 0.05) is 5.56 Å². The zero-order valence-corrected chi connectivity index (χ0v) is 15.9. The van der Waals surface area contributed by atoms with Crippen molar-refractivity contribution in [3.05, 3.63) is 96.3 Å². The molecule has 2 heterocycles. The average Bonchev–Trinajstić information content (AvgIpc) is 3.41. The highest BCUT2D eigenvalue weighted by Crippen LogP contribution is 2.25. The average molecular weight is 385 g/mol. The van der Waals surface area contributed by atoms with E-state index in [9.17, 15) is 4.79 Å². The number of furan rings is 1. The van der Waals surface area contributed by atoms with Crippen LogP contribution in [0, 0.1) is 0 Å². The van der Waals surface area contributed by atoms with Crippen molar-refractivity contribution in [2.45, 2.75) is 6.92 Å². The Bertz CT molecular complexity index is 1130. The minimum atomic E-state index is -0.191. The third-order valence-electron chi connectivity index (χ3n) is 4.26. The maximum atomic E-state index is 13.2. The second-order valence-electron chi connectivity index (χ2n) is 6.23. The number of nitrogens with zero attached hydrogens (tertiary/aromatic N) is 1. The van der Waals surface area contributed by atoms with Crippen molar-refractivity contribution >= 4 is 28.5 Å². The number of carbonyl (C=O) groups is 1. The van der Waals surface area contributed by atoms with E-state index in [0.29, 0.717) is 40.4 Å². The molecule has 2 aromatic carbocycles. The number of benzene rings is 2. The van der Waals surface area contributed by atoms with Gasteiger partial charge in [0.25, 0.3) is 0 Å². The van der Waals surface area contributed by atoms with Crippen LogP contribution in [0.15, 0.2) is 87.9 Å². The predicted molar refractivity (Wildman–Crippen MR) is 112 cm³/mol. The summed E-state index contributed by atoms with van der Waals surface area (Å²) in [5.74, 6) is 1.48. The molecule has 0 bridgehead atoms. The van der Waals surface area contributed by atoms with Crippen LogP contribution in [0.5, 0.6) is 5.75 Å². The molecule has 0 saturated carbocycles. The highest BCUT2D eigenvalue weighted by Gasteiger charge is 2.19. The fourth-order valence-corrected chi connectivity index (χ4v) is 2.88. The summed E-state index contributed by atoms with van der Waals surface area (Å²) in [6.45, 7) is 2.48. The predicted octanol–water partition coefficient (Wildman–Crippen LogP) is 5.80. The molecule has 0 saturated heterocycles. The fourth-order valence-electron chi connectivity index (χ4n) is 2.88. The van der Waals surface area contributed by atoms with Gasteiger partial charge in [-0.15, -0.1) is 0 Å². The van der Waals surface area contributed by atoms with Gasteiger partial charge in [-0.1, -0.05) is 18.2 Å². The van der Waals surface area contributed by atoms with Crippen molar-refractivity contribution in [2.75, 3.05) is 6.61 Å². The van der Waals surface area contributed by atoms with Crippen LogP contribution in [0.4, 0.5) is 0 Å². The van der Waals surface area contributed by atoms with E-state index in [1.54, 1.807) is 54.8 Å². The Morgan fingerprint density at radius 2 is 1.90 bits per heavy atom. The lowest BCUT2D eigenvalue weighted by atomic mass is 10.0. The Hall–Kier alpha value is -3.86. The number of ketones is 1. The van der Waals surface area contributed by atoms with Gasteiger partial charge in [-0.3, -0.25) is 4.79 Å². The zero-order chi connectivity index (χ0) is 20.1. The lowest BCUT2D eigenvalue weighted by molar-refractivity contribution is 0.105. The summed E-state index contributed by atoms with van der Waals surface area (Å²) in [7, 11) is 0. The molecular weight excluding hydrogens is 366 g/mol. The summed E-state index contributed by atoms with van der Waals surface area (Å²) in [5.41, 5.74) is 2.20. The normalized spacial score (nSPS) is 12.0. The van der Waals surface area contributed by atoms with E-state index in [-0.39, 0.29) is 11.7 Å². The van der Waals surface area contributed by atoms with Gasteiger partial charge in [-0.25, -0.2) is 4.98 Å². The number of para-hydroxylation sites is 2. The molecule has 0 aliphatic rings. The molecular formula is C24H19NO4. The molecule has 0 aliphatic carbocycles. The quantitative estimate of drug-likeness (QED) is 0.228. The van der Waals surface area contributed by atoms with Crippen LogP contribution in [0.25, 0.3) is 22.7 Å². The summed E-state index contributed by atoms with van der Waals surface area (Å²) in [6.07, 6.45) is 6.80. The second kappa shape index (κ2) is 8.44. The van der Waals surface area contributed by atoms with Crippen LogP contribution in [-0.2, 0) is 0 Å². The van der Waals surface area contributed by atoms with E-state index < -0.39 is 0 Å². The highest BCUT2D eigenvalue weighted by atomic mass is 16.5. The number of oxazole rings is 1. The van der Waals surface area contributed by atoms with Crippen molar-refractivity contribution in [1.29, 1.82) is 0 Å². The first-order chi connectivity index (χ1) is 14.2. The van der Waals surface area contributed by atoms with Crippen LogP contribution >= 0.6 is 0 Å². The van der Waals surface area contributed by atoms with E-state index in [1.807, 2.05) is 37.3 Å². The van der Waals surface area contributed by atoms with Gasteiger partial charge in [0.15, 0.2) is 11.4 Å². The molecule has 0 N–H and O–H groups in total. The molecule has 0 atom stereocenters. The maximum Gasteiger partial charge on any atom is 0.231 e. The van der Waals surface area contributed by atoms with Crippen molar-refractivity contribution < 1.29 is 18.4 Å². The van der Waals surface area contributed by atoms with E-state index in [1.165, 1.54) is 0 Å². The molecule has 144 valence electrons. The SMILES string of the molecule is CCOc1ccc(C(=O)C(=CC=Cc2ccco2)c2nc3ccccc3o2)cc1. The van der Waals surface area contributed by atoms with Crippen molar-refractivity contribution in [2.24, 2.45) is 0 Å².